The molecular formula is C11H24N3O5P3S2. The topological polar surface area (TPSA) is 117 Å². The van der Waals surface area contributed by atoms with Crippen molar-refractivity contribution in [1.29, 1.82) is 0 Å². The van der Waals surface area contributed by atoms with Gasteiger partial charge in [0, 0.05) is 11.5 Å². The number of carboxylic acids is 1. The Morgan fingerprint density at radius 3 is 2.33 bits per heavy atom. The van der Waals surface area contributed by atoms with Crippen molar-refractivity contribution in [2.24, 2.45) is 0 Å². The van der Waals surface area contributed by atoms with Crippen molar-refractivity contribution in [2.75, 3.05) is 24.3 Å². The Kier molecular flexibility index (Phi) is 14.7. The van der Waals surface area contributed by atoms with Crippen LogP contribution in [0.5, 0.6) is 0 Å². The van der Waals surface area contributed by atoms with Crippen LogP contribution in [0.3, 0.4) is 0 Å². The minimum absolute atomic E-state index is 0.284. The van der Waals surface area contributed by atoms with Crippen LogP contribution >= 0.6 is 50.4 Å². The molecule has 6 atom stereocenters. The van der Waals surface area contributed by atoms with Crippen molar-refractivity contribution in [1.82, 2.24) is 15.7 Å². The van der Waals surface area contributed by atoms with Crippen LogP contribution in [0.4, 0.5) is 0 Å². The van der Waals surface area contributed by atoms with Gasteiger partial charge in [-0.15, -0.1) is 11.4 Å². The molecule has 24 heavy (non-hydrogen) atoms. The first-order valence-corrected chi connectivity index (χ1v) is 11.5. The zero-order chi connectivity index (χ0) is 18.5. The van der Waals surface area contributed by atoms with Crippen molar-refractivity contribution in [2.45, 2.75) is 24.5 Å². The Morgan fingerprint density at radius 1 is 1.21 bits per heavy atom. The Hall–Kier alpha value is 0.320. The fraction of sp³-hybridized carbons (Fsp3) is 0.727. The predicted octanol–water partition coefficient (Wildman–Crippen LogP) is -0.128. The van der Waals surface area contributed by atoms with E-state index in [2.05, 4.69) is 38.1 Å². The third-order valence-electron chi connectivity index (χ3n) is 2.98. The molecule has 0 aliphatic heterocycles. The highest BCUT2D eigenvalue weighted by atomic mass is 32.7. The van der Waals surface area contributed by atoms with Crippen LogP contribution in [0.15, 0.2) is 0 Å². The van der Waals surface area contributed by atoms with Gasteiger partial charge < -0.3 is 20.3 Å². The zero-order valence-corrected chi connectivity index (χ0v) is 18.3. The molecule has 0 aromatic rings. The number of aliphatic carboxylic acids is 1. The summed E-state index contributed by atoms with van der Waals surface area (Å²) >= 11 is 2.81. The van der Waals surface area contributed by atoms with Crippen molar-refractivity contribution < 1.29 is 24.0 Å². The Balaban J connectivity index is 4.49. The number of hydrogen-bond donors (Lipinski definition) is 4. The van der Waals surface area contributed by atoms with E-state index < -0.39 is 30.1 Å². The Morgan fingerprint density at radius 2 is 1.88 bits per heavy atom. The highest BCUT2D eigenvalue weighted by Gasteiger charge is 2.25. The van der Waals surface area contributed by atoms with Crippen LogP contribution in [-0.4, -0.2) is 65.4 Å². The maximum absolute atomic E-state index is 12.2. The van der Waals surface area contributed by atoms with E-state index in [0.717, 1.165) is 0 Å². The van der Waals surface area contributed by atoms with Crippen LogP contribution in [0.1, 0.15) is 6.42 Å². The van der Waals surface area contributed by atoms with E-state index in [4.69, 9.17) is 5.11 Å². The van der Waals surface area contributed by atoms with Gasteiger partial charge in [-0.05, 0) is 19.2 Å². The Labute approximate surface area is 157 Å². The van der Waals surface area contributed by atoms with Crippen LogP contribution in [0.25, 0.3) is 0 Å². The molecule has 0 saturated carbocycles. The molecule has 13 heteroatoms. The van der Waals surface area contributed by atoms with Crippen LogP contribution < -0.4 is 15.7 Å². The lowest BCUT2D eigenvalue weighted by molar-refractivity contribution is -0.139. The molecule has 0 aromatic heterocycles. The van der Waals surface area contributed by atoms with Gasteiger partial charge in [-0.2, -0.15) is 11.8 Å². The van der Waals surface area contributed by atoms with Gasteiger partial charge in [0.2, 0.25) is 5.91 Å². The van der Waals surface area contributed by atoms with Gasteiger partial charge in [0.05, 0.1) is 15.5 Å². The molecule has 1 amide bonds. The summed E-state index contributed by atoms with van der Waals surface area (Å²) in [7, 11) is 8.19. The summed E-state index contributed by atoms with van der Waals surface area (Å²) in [5.74, 6) is -0.389. The number of nitrogens with one attached hydrogen (secondary N) is 3. The molecule has 0 rings (SSSR count). The third kappa shape index (κ3) is 9.71. The summed E-state index contributed by atoms with van der Waals surface area (Å²) in [4.78, 5) is 34.9. The fourth-order valence-corrected chi connectivity index (χ4v) is 4.31. The highest BCUT2D eigenvalue weighted by molar-refractivity contribution is 8.43. The van der Waals surface area contributed by atoms with Gasteiger partial charge in [-0.3, -0.25) is 14.7 Å². The number of likely N-dealkylation sites (N-methyl/N-ethyl adjacent to an activating group) is 1. The lowest BCUT2D eigenvalue weighted by Gasteiger charge is -2.20. The van der Waals surface area contributed by atoms with Gasteiger partial charge >= 0.3 is 11.9 Å². The molecule has 0 aromatic carbocycles. The van der Waals surface area contributed by atoms with Gasteiger partial charge in [0.25, 0.3) is 0 Å². The number of carbonyl (C=O) groups is 3. The molecule has 0 spiro atoms. The second kappa shape index (κ2) is 14.5. The number of carboxylic acid groups (broad SMARTS) is 1. The predicted molar refractivity (Wildman–Crippen MR) is 109 cm³/mol. The van der Waals surface area contributed by atoms with Gasteiger partial charge in [-0.1, -0.05) is 17.8 Å². The van der Waals surface area contributed by atoms with E-state index in [1.165, 1.54) is 23.1 Å². The second-order valence-electron chi connectivity index (χ2n) is 4.59. The largest absolute Gasteiger partial charge is 0.480 e. The standard InChI is InChI=1S/C11H24N3O5P3S2/c1-12-7(5-24-22)9(15)13-6(11(18)19-21)2-3-23-4-8(14-20)10(16)17/h6-8,12,14H,2-5,20-22H2,1H3,(H,13,15)(H,16,17). The number of thioether (sulfide) groups is 1. The molecule has 0 fully saturated rings. The van der Waals surface area contributed by atoms with E-state index in [1.807, 2.05) is 9.47 Å². The molecule has 0 aliphatic carbocycles. The van der Waals surface area contributed by atoms with Crippen molar-refractivity contribution in [3.8, 4) is 0 Å². The van der Waals surface area contributed by atoms with Crippen LogP contribution in [0, 0.1) is 0 Å². The summed E-state index contributed by atoms with van der Waals surface area (Å²) in [5, 5.41) is 17.1. The summed E-state index contributed by atoms with van der Waals surface area (Å²) in [6.07, 6.45) is 0.345. The van der Waals surface area contributed by atoms with E-state index in [1.54, 1.807) is 7.05 Å². The number of amides is 1. The smallest absolute Gasteiger partial charge is 0.330 e. The van der Waals surface area contributed by atoms with Crippen LogP contribution in [-0.2, 0) is 18.9 Å². The minimum Gasteiger partial charge on any atom is -0.480 e. The molecule has 0 saturated heterocycles. The van der Waals surface area contributed by atoms with E-state index in [9.17, 15) is 14.4 Å². The first-order chi connectivity index (χ1) is 11.4. The van der Waals surface area contributed by atoms with Gasteiger partial charge in [-0.25, -0.2) is 4.79 Å². The molecule has 0 bridgehead atoms. The summed E-state index contributed by atoms with van der Waals surface area (Å²) in [5.41, 5.74) is 0. The van der Waals surface area contributed by atoms with E-state index >= 15 is 0 Å². The zero-order valence-electron chi connectivity index (χ0n) is 13.2. The Bertz CT molecular complexity index is 422. The maximum Gasteiger partial charge on any atom is 0.330 e. The average Bonchev–Trinajstić information content (AvgIpc) is 2.57. The first-order valence-electron chi connectivity index (χ1n) is 6.87. The molecule has 4 N–H and O–H groups in total. The van der Waals surface area contributed by atoms with Crippen molar-refractivity contribution >= 4 is 68.3 Å². The second-order valence-corrected chi connectivity index (χ2v) is 7.98. The molecule has 8 nitrogen and oxygen atoms in total. The highest BCUT2D eigenvalue weighted by Crippen LogP contribution is 2.13. The lowest BCUT2D eigenvalue weighted by atomic mass is 10.2. The normalized spacial score (nSPS) is 14.5. The molecular weight excluding hydrogens is 411 g/mol. The third-order valence-corrected chi connectivity index (χ3v) is 5.81. The van der Waals surface area contributed by atoms with E-state index in [0.29, 0.717) is 23.7 Å². The first kappa shape index (κ1) is 24.3. The van der Waals surface area contributed by atoms with Crippen molar-refractivity contribution in [3.63, 3.8) is 0 Å². The molecule has 0 aliphatic rings. The molecule has 6 unspecified atom stereocenters. The fourth-order valence-electron chi connectivity index (χ4n) is 1.58. The van der Waals surface area contributed by atoms with Gasteiger partial charge in [0.15, 0.2) is 0 Å². The molecule has 0 heterocycles. The summed E-state index contributed by atoms with van der Waals surface area (Å²) in [6, 6.07) is -1.88. The molecule has 140 valence electrons. The monoisotopic (exact) mass is 435 g/mol. The number of hydrogen-bond acceptors (Lipinski definition) is 8. The molecule has 0 radical (unpaired) electrons. The quantitative estimate of drug-likeness (QED) is 0.232. The van der Waals surface area contributed by atoms with Crippen molar-refractivity contribution in [3.05, 3.63) is 0 Å². The minimum atomic E-state index is -0.946. The lowest BCUT2D eigenvalue weighted by Crippen LogP contribution is -2.50. The summed E-state index contributed by atoms with van der Waals surface area (Å²) in [6.45, 7) is 0. The van der Waals surface area contributed by atoms with Crippen LogP contribution in [0.2, 0.25) is 0 Å². The summed E-state index contributed by atoms with van der Waals surface area (Å²) < 4.78 is 4.64. The average molecular weight is 435 g/mol. The number of rotatable bonds is 13. The SMILES string of the molecule is CNC(CSP)C(=O)NC(CCSCC(NP)C(=O)O)C(=O)OP. The van der Waals surface area contributed by atoms with Gasteiger partial charge in [0.1, 0.15) is 12.1 Å². The van der Waals surface area contributed by atoms with E-state index in [-0.39, 0.29) is 5.91 Å². The number of carbonyl (C=O) groups excluding carboxylic acids is 2. The maximum atomic E-state index is 12.2.